The van der Waals surface area contributed by atoms with Crippen molar-refractivity contribution < 1.29 is 8.78 Å². The Morgan fingerprint density at radius 3 is 2.27 bits per heavy atom. The molecule has 2 N–H and O–H groups in total. The number of nitrogen functional groups attached to an aromatic ring is 1. The van der Waals surface area contributed by atoms with Crippen molar-refractivity contribution in [2.75, 3.05) is 12.3 Å². The van der Waals surface area contributed by atoms with Gasteiger partial charge in [0.1, 0.15) is 11.6 Å². The first-order chi connectivity index (χ1) is 18.0. The summed E-state index contributed by atoms with van der Waals surface area (Å²) in [5.74, 6) is -1.16. The van der Waals surface area contributed by atoms with Crippen molar-refractivity contribution in [3.05, 3.63) is 100 Å². The van der Waals surface area contributed by atoms with Gasteiger partial charge in [-0.2, -0.15) is 5.10 Å². The zero-order chi connectivity index (χ0) is 26.1. The third kappa shape index (κ3) is 4.55. The number of nitrogens with zero attached hydrogens (tertiary/aromatic N) is 3. The minimum atomic E-state index is -0.624. The van der Waals surface area contributed by atoms with Gasteiger partial charge in [0.15, 0.2) is 0 Å². The Kier molecular flexibility index (Phi) is 7.11. The molecule has 0 amide bonds. The van der Waals surface area contributed by atoms with Crippen molar-refractivity contribution in [1.29, 1.82) is 0 Å². The Bertz CT molecular complexity index is 1390. The van der Waals surface area contributed by atoms with Crippen LogP contribution < -0.4 is 5.73 Å². The number of benzene rings is 3. The van der Waals surface area contributed by atoms with E-state index in [9.17, 15) is 4.39 Å². The van der Waals surface area contributed by atoms with E-state index in [0.29, 0.717) is 12.2 Å². The molecule has 192 valence electrons. The Morgan fingerprint density at radius 1 is 0.919 bits per heavy atom. The molecule has 4 aromatic rings. The summed E-state index contributed by atoms with van der Waals surface area (Å²) in [4.78, 5) is 2.44. The van der Waals surface area contributed by atoms with E-state index in [2.05, 4.69) is 68.1 Å². The monoisotopic (exact) mass is 500 g/mol. The van der Waals surface area contributed by atoms with Gasteiger partial charge >= 0.3 is 0 Å². The van der Waals surface area contributed by atoms with E-state index in [-0.39, 0.29) is 17.3 Å². The lowest BCUT2D eigenvalue weighted by Crippen LogP contribution is -2.34. The number of nitrogens with two attached hydrogens (primary N) is 1. The van der Waals surface area contributed by atoms with E-state index < -0.39 is 11.6 Å². The summed E-state index contributed by atoms with van der Waals surface area (Å²) >= 11 is 0. The van der Waals surface area contributed by atoms with Gasteiger partial charge in [0.05, 0.1) is 22.8 Å². The molecule has 0 saturated carbocycles. The Hall–Kier alpha value is -3.51. The molecule has 0 radical (unpaired) electrons. The van der Waals surface area contributed by atoms with E-state index in [1.807, 2.05) is 10.7 Å². The molecule has 0 fully saturated rings. The lowest BCUT2D eigenvalue weighted by atomic mass is 9.95. The molecule has 3 aromatic carbocycles. The van der Waals surface area contributed by atoms with Crippen molar-refractivity contribution >= 4 is 5.69 Å². The fourth-order valence-electron chi connectivity index (χ4n) is 5.71. The second-order valence-electron chi connectivity index (χ2n) is 9.73. The average Bonchev–Trinajstić information content (AvgIpc) is 3.29. The third-order valence-corrected chi connectivity index (χ3v) is 7.59. The Labute approximate surface area is 217 Å². The fraction of sp³-hybridized carbons (Fsp3) is 0.323. The van der Waals surface area contributed by atoms with Crippen LogP contribution in [0.25, 0.3) is 16.9 Å². The zero-order valence-corrected chi connectivity index (χ0v) is 21.8. The topological polar surface area (TPSA) is 47.1 Å². The molecule has 1 aliphatic heterocycles. The molecular weight excluding hydrogens is 466 g/mol. The van der Waals surface area contributed by atoms with Crippen molar-refractivity contribution in [3.63, 3.8) is 0 Å². The number of aromatic nitrogens is 2. The first kappa shape index (κ1) is 25.2. The number of halogens is 2. The second-order valence-corrected chi connectivity index (χ2v) is 9.73. The summed E-state index contributed by atoms with van der Waals surface area (Å²) in [6.45, 7) is 7.87. The van der Waals surface area contributed by atoms with Gasteiger partial charge < -0.3 is 5.73 Å². The fourth-order valence-corrected chi connectivity index (χ4v) is 5.71. The van der Waals surface area contributed by atoms with Crippen LogP contribution in [0.2, 0.25) is 0 Å². The standard InChI is InChI=1S/C31H34F2N4/c1-4-20-13-10-14-21(5-2)30(20)37-31(23-17-26(33)27(34)18-25(23)32)24-19-36(16-15-28(24)35-37)29(6-3)22-11-8-7-9-12-22/h7-14,17-18,29H,4-6,15-16,19,34H2,1-3H3. The molecule has 1 atom stereocenters. The smallest absolute Gasteiger partial charge is 0.146 e. The van der Waals surface area contributed by atoms with Crippen molar-refractivity contribution in [1.82, 2.24) is 14.7 Å². The van der Waals surface area contributed by atoms with Gasteiger partial charge in [0.25, 0.3) is 0 Å². The SMILES string of the molecule is CCc1cccc(CC)c1-n1nc2c(c1-c1cc(F)c(N)cc1F)CN(C(CC)c1ccccc1)CC2. The first-order valence-corrected chi connectivity index (χ1v) is 13.2. The van der Waals surface area contributed by atoms with Gasteiger partial charge in [-0.15, -0.1) is 0 Å². The van der Waals surface area contributed by atoms with Crippen LogP contribution in [-0.4, -0.2) is 21.2 Å². The van der Waals surface area contributed by atoms with E-state index in [4.69, 9.17) is 10.8 Å². The van der Waals surface area contributed by atoms with Gasteiger partial charge in [-0.25, -0.2) is 13.5 Å². The minimum Gasteiger partial charge on any atom is -0.396 e. The molecule has 2 heterocycles. The molecule has 37 heavy (non-hydrogen) atoms. The van der Waals surface area contributed by atoms with Gasteiger partial charge in [0.2, 0.25) is 0 Å². The summed E-state index contributed by atoms with van der Waals surface area (Å²) in [5.41, 5.74) is 12.7. The van der Waals surface area contributed by atoms with E-state index in [1.165, 1.54) is 11.6 Å². The summed E-state index contributed by atoms with van der Waals surface area (Å²) < 4.78 is 32.1. The minimum absolute atomic E-state index is 0.193. The second kappa shape index (κ2) is 10.5. The van der Waals surface area contributed by atoms with Gasteiger partial charge in [0, 0.05) is 42.7 Å². The van der Waals surface area contributed by atoms with Crippen molar-refractivity contribution in [3.8, 4) is 16.9 Å². The van der Waals surface area contributed by atoms with Crippen LogP contribution >= 0.6 is 0 Å². The van der Waals surface area contributed by atoms with Crippen LogP contribution in [0.1, 0.15) is 61.2 Å². The number of anilines is 1. The highest BCUT2D eigenvalue weighted by molar-refractivity contribution is 5.71. The van der Waals surface area contributed by atoms with Gasteiger partial charge in [-0.3, -0.25) is 4.90 Å². The maximum absolute atomic E-state index is 15.5. The van der Waals surface area contributed by atoms with E-state index in [1.54, 1.807) is 0 Å². The van der Waals surface area contributed by atoms with Crippen LogP contribution in [-0.2, 0) is 25.8 Å². The third-order valence-electron chi connectivity index (χ3n) is 7.59. The predicted molar refractivity (Wildman–Crippen MR) is 146 cm³/mol. The summed E-state index contributed by atoms with van der Waals surface area (Å²) in [6.07, 6.45) is 3.31. The van der Waals surface area contributed by atoms with Gasteiger partial charge in [-0.05, 0) is 42.0 Å². The summed E-state index contributed by atoms with van der Waals surface area (Å²) in [7, 11) is 0. The predicted octanol–water partition coefficient (Wildman–Crippen LogP) is 7.03. The maximum atomic E-state index is 15.5. The lowest BCUT2D eigenvalue weighted by Gasteiger charge is -2.34. The quantitative estimate of drug-likeness (QED) is 0.277. The Morgan fingerprint density at radius 2 is 1.62 bits per heavy atom. The normalized spacial score (nSPS) is 14.5. The number of para-hydroxylation sites is 1. The molecule has 6 heteroatoms. The zero-order valence-electron chi connectivity index (χ0n) is 21.8. The van der Waals surface area contributed by atoms with E-state index in [0.717, 1.165) is 66.4 Å². The number of rotatable bonds is 7. The highest BCUT2D eigenvalue weighted by Gasteiger charge is 2.32. The molecule has 4 nitrogen and oxygen atoms in total. The molecule has 1 unspecified atom stereocenters. The highest BCUT2D eigenvalue weighted by Crippen LogP contribution is 2.39. The molecular formula is C31H34F2N4. The van der Waals surface area contributed by atoms with Crippen LogP contribution in [0.15, 0.2) is 60.7 Å². The molecule has 0 bridgehead atoms. The molecule has 1 aliphatic rings. The first-order valence-electron chi connectivity index (χ1n) is 13.2. The van der Waals surface area contributed by atoms with Crippen molar-refractivity contribution in [2.24, 2.45) is 0 Å². The Balaban J connectivity index is 1.72. The number of fused-ring (bicyclic) bond motifs is 1. The molecule has 0 aliphatic carbocycles. The van der Waals surface area contributed by atoms with Crippen LogP contribution in [0.3, 0.4) is 0 Å². The summed E-state index contributed by atoms with van der Waals surface area (Å²) in [6, 6.07) is 19.3. The largest absolute Gasteiger partial charge is 0.396 e. The number of hydrogen-bond acceptors (Lipinski definition) is 3. The van der Waals surface area contributed by atoms with Crippen LogP contribution in [0, 0.1) is 11.6 Å². The lowest BCUT2D eigenvalue weighted by molar-refractivity contribution is 0.174. The van der Waals surface area contributed by atoms with Gasteiger partial charge in [-0.1, -0.05) is 69.3 Å². The molecule has 0 saturated heterocycles. The number of aryl methyl sites for hydroxylation is 2. The number of hydrogen-bond donors (Lipinski definition) is 1. The van der Waals surface area contributed by atoms with Crippen molar-refractivity contribution in [2.45, 2.75) is 59.0 Å². The average molecular weight is 501 g/mol. The highest BCUT2D eigenvalue weighted by atomic mass is 19.1. The summed E-state index contributed by atoms with van der Waals surface area (Å²) in [5, 5.41) is 5.07. The van der Waals surface area contributed by atoms with Crippen LogP contribution in [0.5, 0.6) is 0 Å². The molecule has 1 aromatic heterocycles. The maximum Gasteiger partial charge on any atom is 0.146 e. The van der Waals surface area contributed by atoms with Crippen LogP contribution in [0.4, 0.5) is 14.5 Å². The molecule has 5 rings (SSSR count). The molecule has 0 spiro atoms. The van der Waals surface area contributed by atoms with E-state index >= 15 is 4.39 Å².